The van der Waals surface area contributed by atoms with Crippen LogP contribution in [0, 0.1) is 5.92 Å². The smallest absolute Gasteiger partial charge is 0.308 e. The quantitative estimate of drug-likeness (QED) is 0.692. The van der Waals surface area contributed by atoms with Crippen molar-refractivity contribution < 1.29 is 24.2 Å². The molecule has 1 aromatic rings. The summed E-state index contributed by atoms with van der Waals surface area (Å²) >= 11 is 5.74. The van der Waals surface area contributed by atoms with Crippen LogP contribution in [0.25, 0.3) is 0 Å². The summed E-state index contributed by atoms with van der Waals surface area (Å²) in [5.41, 5.74) is 0.243. The van der Waals surface area contributed by atoms with Crippen LogP contribution >= 0.6 is 11.6 Å². The molecular weight excluding hydrogens is 398 g/mol. The maximum absolute atomic E-state index is 12.5. The third-order valence-electron chi connectivity index (χ3n) is 5.71. The lowest BCUT2D eigenvalue weighted by atomic mass is 9.96. The van der Waals surface area contributed by atoms with Gasteiger partial charge in [-0.1, -0.05) is 11.6 Å². The van der Waals surface area contributed by atoms with Crippen molar-refractivity contribution in [3.63, 3.8) is 0 Å². The average Bonchev–Trinajstić information content (AvgIpc) is 3.23. The van der Waals surface area contributed by atoms with Gasteiger partial charge < -0.3 is 20.1 Å². The molecule has 0 radical (unpaired) electrons. The molecule has 8 nitrogen and oxygen atoms in total. The second-order valence-electron chi connectivity index (χ2n) is 7.46. The normalized spacial score (nSPS) is 20.5. The fraction of sp³-hybridized carbons (Fsp3) is 0.550. The first-order chi connectivity index (χ1) is 13.9. The lowest BCUT2D eigenvalue weighted by Crippen LogP contribution is -2.45. The van der Waals surface area contributed by atoms with E-state index in [4.69, 9.17) is 16.3 Å². The van der Waals surface area contributed by atoms with Crippen molar-refractivity contribution in [2.75, 3.05) is 39.8 Å². The van der Waals surface area contributed by atoms with Crippen LogP contribution in [-0.4, -0.2) is 78.6 Å². The molecule has 158 valence electrons. The molecule has 2 aliphatic rings. The lowest BCUT2D eigenvalue weighted by molar-refractivity contribution is -0.147. The number of aromatic hydroxyl groups is 1. The van der Waals surface area contributed by atoms with Gasteiger partial charge in [-0.2, -0.15) is 0 Å². The zero-order chi connectivity index (χ0) is 21.0. The minimum Gasteiger partial charge on any atom is -0.506 e. The molecule has 1 aromatic carbocycles. The number of hydrogen-bond acceptors (Lipinski definition) is 6. The van der Waals surface area contributed by atoms with Crippen LogP contribution in [-0.2, 0) is 14.3 Å². The number of likely N-dealkylation sites (tertiary alicyclic amines) is 2. The van der Waals surface area contributed by atoms with Crippen molar-refractivity contribution in [3.8, 4) is 5.75 Å². The second kappa shape index (κ2) is 9.45. The Bertz CT molecular complexity index is 779. The van der Waals surface area contributed by atoms with Crippen molar-refractivity contribution in [2.24, 2.45) is 5.92 Å². The van der Waals surface area contributed by atoms with Crippen molar-refractivity contribution in [3.05, 3.63) is 28.8 Å². The topological polar surface area (TPSA) is 99.2 Å². The summed E-state index contributed by atoms with van der Waals surface area (Å²) in [5, 5.41) is 12.4. The number of ether oxygens (including phenoxy) is 1. The number of phenolic OH excluding ortho intramolecular Hbond substituents is 1. The molecule has 0 aliphatic carbocycles. The Labute approximate surface area is 174 Å². The molecule has 0 spiro atoms. The van der Waals surface area contributed by atoms with E-state index in [1.54, 1.807) is 4.90 Å². The van der Waals surface area contributed by atoms with Gasteiger partial charge in [-0.3, -0.25) is 19.3 Å². The van der Waals surface area contributed by atoms with Gasteiger partial charge in [-0.05, 0) is 50.6 Å². The number of carbonyl (C=O) groups excluding carboxylic acids is 3. The van der Waals surface area contributed by atoms with Gasteiger partial charge in [0, 0.05) is 24.7 Å². The lowest BCUT2D eigenvalue weighted by Gasteiger charge is -2.34. The van der Waals surface area contributed by atoms with Crippen molar-refractivity contribution in [1.82, 2.24) is 15.1 Å². The number of nitrogens with one attached hydrogen (secondary N) is 1. The number of nitrogens with zero attached hydrogens (tertiary/aromatic N) is 2. The van der Waals surface area contributed by atoms with E-state index in [1.807, 2.05) is 0 Å². The fourth-order valence-corrected chi connectivity index (χ4v) is 4.07. The number of benzene rings is 1. The number of piperidine rings is 1. The average molecular weight is 424 g/mol. The standard InChI is InChI=1S/C20H26ClN3O5/c1-29-20(28)13-4-7-23(8-5-13)15-6-9-24(12-15)18(26)11-22-19(27)14-2-3-16(21)17(25)10-14/h2-3,10,13,15,25H,4-9,11-12H2,1H3,(H,22,27). The molecule has 2 N–H and O–H groups in total. The van der Waals surface area contributed by atoms with Gasteiger partial charge in [0.05, 0.1) is 24.6 Å². The van der Waals surface area contributed by atoms with Gasteiger partial charge in [0.1, 0.15) is 5.75 Å². The summed E-state index contributed by atoms with van der Waals surface area (Å²) in [6.45, 7) is 2.82. The molecule has 2 aliphatic heterocycles. The predicted octanol–water partition coefficient (Wildman–Crippen LogP) is 1.26. The van der Waals surface area contributed by atoms with Crippen molar-refractivity contribution in [1.29, 1.82) is 0 Å². The van der Waals surface area contributed by atoms with Crippen LogP contribution in [0.2, 0.25) is 5.02 Å². The van der Waals surface area contributed by atoms with E-state index in [0.717, 1.165) is 32.4 Å². The molecule has 0 aromatic heterocycles. The number of halogens is 1. The second-order valence-corrected chi connectivity index (χ2v) is 7.87. The van der Waals surface area contributed by atoms with E-state index in [9.17, 15) is 19.5 Å². The van der Waals surface area contributed by atoms with Gasteiger partial charge in [-0.15, -0.1) is 0 Å². The van der Waals surface area contributed by atoms with Crippen molar-refractivity contribution >= 4 is 29.4 Å². The third-order valence-corrected chi connectivity index (χ3v) is 6.02. The first-order valence-electron chi connectivity index (χ1n) is 9.75. The van der Waals surface area contributed by atoms with Crippen molar-refractivity contribution in [2.45, 2.75) is 25.3 Å². The molecule has 2 heterocycles. The summed E-state index contributed by atoms with van der Waals surface area (Å²) in [6.07, 6.45) is 2.44. The fourth-order valence-electron chi connectivity index (χ4n) is 3.96. The molecule has 2 fully saturated rings. The number of carbonyl (C=O) groups is 3. The molecular formula is C20H26ClN3O5. The summed E-state index contributed by atoms with van der Waals surface area (Å²) in [5.74, 6) is -0.922. The minimum absolute atomic E-state index is 0.0297. The third kappa shape index (κ3) is 5.19. The van der Waals surface area contributed by atoms with Crippen LogP contribution in [0.5, 0.6) is 5.75 Å². The summed E-state index contributed by atoms with van der Waals surface area (Å²) in [4.78, 5) is 40.4. The van der Waals surface area contributed by atoms with Gasteiger partial charge >= 0.3 is 5.97 Å². The van der Waals surface area contributed by atoms with Crippen LogP contribution in [0.4, 0.5) is 0 Å². The highest BCUT2D eigenvalue weighted by Gasteiger charge is 2.34. The van der Waals surface area contributed by atoms with E-state index in [2.05, 4.69) is 10.2 Å². The Morgan fingerprint density at radius 2 is 1.93 bits per heavy atom. The van der Waals surface area contributed by atoms with E-state index >= 15 is 0 Å². The van der Waals surface area contributed by atoms with Crippen LogP contribution in [0.1, 0.15) is 29.6 Å². The molecule has 9 heteroatoms. The largest absolute Gasteiger partial charge is 0.506 e. The number of hydrogen-bond donors (Lipinski definition) is 2. The molecule has 2 amide bonds. The first kappa shape index (κ1) is 21.4. The highest BCUT2D eigenvalue weighted by molar-refractivity contribution is 6.32. The Kier molecular flexibility index (Phi) is 6.97. The van der Waals surface area contributed by atoms with Gasteiger partial charge in [-0.25, -0.2) is 0 Å². The SMILES string of the molecule is COC(=O)C1CCN(C2CCN(C(=O)CNC(=O)c3ccc(Cl)c(O)c3)C2)CC1. The number of phenols is 1. The van der Waals surface area contributed by atoms with Crippen LogP contribution in [0.3, 0.4) is 0 Å². The molecule has 1 unspecified atom stereocenters. The highest BCUT2D eigenvalue weighted by atomic mass is 35.5. The molecule has 1 atom stereocenters. The molecule has 0 bridgehead atoms. The number of amides is 2. The zero-order valence-electron chi connectivity index (χ0n) is 16.4. The van der Waals surface area contributed by atoms with Crippen LogP contribution < -0.4 is 5.32 Å². The Balaban J connectivity index is 1.44. The maximum atomic E-state index is 12.5. The van der Waals surface area contributed by atoms with Gasteiger partial charge in [0.2, 0.25) is 5.91 Å². The summed E-state index contributed by atoms with van der Waals surface area (Å²) < 4.78 is 4.82. The number of methoxy groups -OCH3 is 1. The Hall–Kier alpha value is -2.32. The highest BCUT2D eigenvalue weighted by Crippen LogP contribution is 2.25. The summed E-state index contributed by atoms with van der Waals surface area (Å²) in [6, 6.07) is 4.47. The monoisotopic (exact) mass is 423 g/mol. The Morgan fingerprint density at radius 3 is 2.59 bits per heavy atom. The molecule has 29 heavy (non-hydrogen) atoms. The van der Waals surface area contributed by atoms with E-state index in [-0.39, 0.29) is 46.7 Å². The van der Waals surface area contributed by atoms with Crippen LogP contribution in [0.15, 0.2) is 18.2 Å². The minimum atomic E-state index is -0.439. The number of esters is 1. The number of rotatable bonds is 5. The Morgan fingerprint density at radius 1 is 1.21 bits per heavy atom. The zero-order valence-corrected chi connectivity index (χ0v) is 17.2. The van der Waals surface area contributed by atoms with Gasteiger partial charge in [0.25, 0.3) is 5.91 Å². The summed E-state index contributed by atoms with van der Waals surface area (Å²) in [7, 11) is 1.42. The van der Waals surface area contributed by atoms with E-state index in [1.165, 1.54) is 25.3 Å². The molecule has 3 rings (SSSR count). The predicted molar refractivity (Wildman–Crippen MR) is 107 cm³/mol. The molecule has 0 saturated carbocycles. The van der Waals surface area contributed by atoms with E-state index in [0.29, 0.717) is 13.1 Å². The maximum Gasteiger partial charge on any atom is 0.308 e. The first-order valence-corrected chi connectivity index (χ1v) is 10.1. The van der Waals surface area contributed by atoms with Gasteiger partial charge in [0.15, 0.2) is 0 Å². The molecule has 2 saturated heterocycles. The van der Waals surface area contributed by atoms with E-state index < -0.39 is 5.91 Å².